The van der Waals surface area contributed by atoms with Crippen LogP contribution in [-0.4, -0.2) is 47.2 Å². The van der Waals surface area contributed by atoms with Gasteiger partial charge in [-0.1, -0.05) is 19.8 Å². The van der Waals surface area contributed by atoms with Crippen LogP contribution in [0.5, 0.6) is 0 Å². The monoisotopic (exact) mass is 270 g/mol. The first kappa shape index (κ1) is 16.4. The van der Waals surface area contributed by atoms with E-state index in [2.05, 4.69) is 24.1 Å². The zero-order chi connectivity index (χ0) is 14.3. The average molecular weight is 270 g/mol. The molecule has 0 aromatic heterocycles. The van der Waals surface area contributed by atoms with E-state index in [1.165, 1.54) is 25.7 Å². The number of aliphatic carboxylic acids is 1. The van der Waals surface area contributed by atoms with E-state index in [4.69, 9.17) is 0 Å². The van der Waals surface area contributed by atoms with Crippen LogP contribution < -0.4 is 5.32 Å². The molecule has 1 heterocycles. The maximum atomic E-state index is 11.5. The largest absolute Gasteiger partial charge is 0.480 e. The highest BCUT2D eigenvalue weighted by Crippen LogP contribution is 2.20. The molecule has 1 saturated heterocycles. The Kier molecular flexibility index (Phi) is 6.80. The van der Waals surface area contributed by atoms with Crippen molar-refractivity contribution in [1.29, 1.82) is 0 Å². The van der Waals surface area contributed by atoms with E-state index in [0.29, 0.717) is 12.5 Å². The van der Waals surface area contributed by atoms with Crippen LogP contribution in [0.2, 0.25) is 0 Å². The van der Waals surface area contributed by atoms with Crippen LogP contribution in [0.1, 0.15) is 59.3 Å². The van der Waals surface area contributed by atoms with Crippen LogP contribution in [0, 0.1) is 0 Å². The van der Waals surface area contributed by atoms with E-state index in [-0.39, 0.29) is 0 Å². The number of nitrogens with zero attached hydrogens (tertiary/aromatic N) is 1. The van der Waals surface area contributed by atoms with Gasteiger partial charge in [0.25, 0.3) is 0 Å². The first-order valence-electron chi connectivity index (χ1n) is 7.72. The van der Waals surface area contributed by atoms with Crippen molar-refractivity contribution >= 4 is 5.97 Å². The predicted octanol–water partition coefficient (Wildman–Crippen LogP) is 2.48. The summed E-state index contributed by atoms with van der Waals surface area (Å²) in [5, 5.41) is 12.7. The van der Waals surface area contributed by atoms with Gasteiger partial charge in [0.05, 0.1) is 0 Å². The minimum Gasteiger partial charge on any atom is -0.480 e. The van der Waals surface area contributed by atoms with Gasteiger partial charge in [-0.15, -0.1) is 0 Å². The van der Waals surface area contributed by atoms with Gasteiger partial charge < -0.3 is 15.3 Å². The lowest BCUT2D eigenvalue weighted by atomic mass is 9.92. The number of hydrogen-bond acceptors (Lipinski definition) is 3. The molecule has 0 aliphatic carbocycles. The van der Waals surface area contributed by atoms with Crippen LogP contribution in [0.15, 0.2) is 0 Å². The summed E-state index contributed by atoms with van der Waals surface area (Å²) >= 11 is 0. The Morgan fingerprint density at radius 2 is 1.89 bits per heavy atom. The van der Waals surface area contributed by atoms with Gasteiger partial charge in [0.2, 0.25) is 0 Å². The molecule has 112 valence electrons. The molecule has 19 heavy (non-hydrogen) atoms. The van der Waals surface area contributed by atoms with E-state index >= 15 is 0 Å². The summed E-state index contributed by atoms with van der Waals surface area (Å²) in [4.78, 5) is 14.0. The van der Waals surface area contributed by atoms with E-state index in [9.17, 15) is 9.90 Å². The lowest BCUT2D eigenvalue weighted by molar-refractivity contribution is -0.145. The van der Waals surface area contributed by atoms with Crippen molar-refractivity contribution < 1.29 is 9.90 Å². The standard InChI is InChI=1S/C15H30N2O2/c1-4-9-16-15(3,14(18)19)12-13(2)17-10-7-5-6-8-11-17/h13,16H,4-12H2,1-3H3,(H,18,19). The summed E-state index contributed by atoms with van der Waals surface area (Å²) < 4.78 is 0. The van der Waals surface area contributed by atoms with Crippen LogP contribution in [-0.2, 0) is 4.79 Å². The molecule has 4 heteroatoms. The van der Waals surface area contributed by atoms with Gasteiger partial charge in [0.1, 0.15) is 5.54 Å². The Morgan fingerprint density at radius 3 is 2.37 bits per heavy atom. The highest BCUT2D eigenvalue weighted by Gasteiger charge is 2.35. The molecule has 0 radical (unpaired) electrons. The lowest BCUT2D eigenvalue weighted by Gasteiger charge is -2.35. The first-order valence-corrected chi connectivity index (χ1v) is 7.72. The Hall–Kier alpha value is -0.610. The summed E-state index contributed by atoms with van der Waals surface area (Å²) in [6, 6.07) is 0.323. The minimum absolute atomic E-state index is 0.323. The Labute approximate surface area is 117 Å². The van der Waals surface area contributed by atoms with Gasteiger partial charge in [0.15, 0.2) is 0 Å². The molecular weight excluding hydrogens is 240 g/mol. The van der Waals surface area contributed by atoms with Gasteiger partial charge in [-0.2, -0.15) is 0 Å². The average Bonchev–Trinajstić information content (AvgIpc) is 2.65. The summed E-state index contributed by atoms with van der Waals surface area (Å²) in [6.45, 7) is 9.04. The zero-order valence-electron chi connectivity index (χ0n) is 12.7. The van der Waals surface area contributed by atoms with Gasteiger partial charge >= 0.3 is 5.97 Å². The topological polar surface area (TPSA) is 52.6 Å². The van der Waals surface area contributed by atoms with Crippen molar-refractivity contribution in [3.8, 4) is 0 Å². The minimum atomic E-state index is -0.804. The molecule has 0 spiro atoms. The molecule has 0 amide bonds. The van der Waals surface area contributed by atoms with Crippen molar-refractivity contribution in [3.05, 3.63) is 0 Å². The van der Waals surface area contributed by atoms with Gasteiger partial charge in [0, 0.05) is 6.04 Å². The third kappa shape index (κ3) is 5.11. The number of nitrogens with one attached hydrogen (secondary N) is 1. The summed E-state index contributed by atoms with van der Waals surface area (Å²) in [5.74, 6) is -0.734. The van der Waals surface area contributed by atoms with Crippen molar-refractivity contribution in [1.82, 2.24) is 10.2 Å². The van der Waals surface area contributed by atoms with Gasteiger partial charge in [-0.3, -0.25) is 4.79 Å². The second-order valence-corrected chi connectivity index (χ2v) is 6.07. The molecule has 1 fully saturated rings. The molecule has 0 saturated carbocycles. The Morgan fingerprint density at radius 1 is 1.32 bits per heavy atom. The molecule has 1 aliphatic rings. The molecular formula is C15H30N2O2. The molecule has 0 bridgehead atoms. The van der Waals surface area contributed by atoms with E-state index in [1.54, 1.807) is 0 Å². The second kappa shape index (κ2) is 7.85. The Balaban J connectivity index is 2.58. The third-order valence-electron chi connectivity index (χ3n) is 4.20. The highest BCUT2D eigenvalue weighted by molar-refractivity contribution is 5.78. The maximum Gasteiger partial charge on any atom is 0.323 e. The van der Waals surface area contributed by atoms with Crippen LogP contribution in [0.4, 0.5) is 0 Å². The fourth-order valence-corrected chi connectivity index (χ4v) is 2.89. The fourth-order valence-electron chi connectivity index (χ4n) is 2.89. The molecule has 1 rings (SSSR count). The van der Waals surface area contributed by atoms with Crippen molar-refractivity contribution in [3.63, 3.8) is 0 Å². The van der Waals surface area contributed by atoms with Crippen molar-refractivity contribution in [2.75, 3.05) is 19.6 Å². The second-order valence-electron chi connectivity index (χ2n) is 6.07. The highest BCUT2D eigenvalue weighted by atomic mass is 16.4. The van der Waals surface area contributed by atoms with Crippen LogP contribution in [0.25, 0.3) is 0 Å². The summed E-state index contributed by atoms with van der Waals surface area (Å²) in [6.07, 6.45) is 6.75. The maximum absolute atomic E-state index is 11.5. The summed E-state index contributed by atoms with van der Waals surface area (Å²) in [5.41, 5.74) is -0.804. The van der Waals surface area contributed by atoms with E-state index < -0.39 is 11.5 Å². The molecule has 4 nitrogen and oxygen atoms in total. The molecule has 0 aromatic rings. The molecule has 0 aromatic carbocycles. The molecule has 2 unspecified atom stereocenters. The van der Waals surface area contributed by atoms with E-state index in [1.807, 2.05) is 6.92 Å². The predicted molar refractivity (Wildman–Crippen MR) is 78.5 cm³/mol. The zero-order valence-corrected chi connectivity index (χ0v) is 12.7. The Bertz CT molecular complexity index is 275. The third-order valence-corrected chi connectivity index (χ3v) is 4.20. The molecule has 2 atom stereocenters. The number of likely N-dealkylation sites (tertiary alicyclic amines) is 1. The number of rotatable bonds is 7. The van der Waals surface area contributed by atoms with Crippen molar-refractivity contribution in [2.45, 2.75) is 70.9 Å². The van der Waals surface area contributed by atoms with Gasteiger partial charge in [-0.05, 0) is 59.2 Å². The van der Waals surface area contributed by atoms with E-state index in [0.717, 1.165) is 26.1 Å². The van der Waals surface area contributed by atoms with Crippen LogP contribution in [0.3, 0.4) is 0 Å². The normalized spacial score (nSPS) is 22.5. The smallest absolute Gasteiger partial charge is 0.323 e. The number of carboxylic acids is 1. The molecule has 2 N–H and O–H groups in total. The number of carbonyl (C=O) groups is 1. The SMILES string of the molecule is CCCNC(C)(CC(C)N1CCCCCC1)C(=O)O. The van der Waals surface area contributed by atoms with Crippen molar-refractivity contribution in [2.24, 2.45) is 0 Å². The number of carboxylic acid groups (broad SMARTS) is 1. The summed E-state index contributed by atoms with van der Waals surface area (Å²) in [7, 11) is 0. The molecule has 1 aliphatic heterocycles. The number of hydrogen-bond donors (Lipinski definition) is 2. The fraction of sp³-hybridized carbons (Fsp3) is 0.933. The quantitative estimate of drug-likeness (QED) is 0.746. The van der Waals surface area contributed by atoms with Crippen LogP contribution >= 0.6 is 0 Å². The van der Waals surface area contributed by atoms with Gasteiger partial charge in [-0.25, -0.2) is 0 Å². The first-order chi connectivity index (χ1) is 8.99. The lowest BCUT2D eigenvalue weighted by Crippen LogP contribution is -2.53.